The van der Waals surface area contributed by atoms with Gasteiger partial charge in [0, 0.05) is 18.7 Å². The van der Waals surface area contributed by atoms with E-state index in [1.165, 1.54) is 11.1 Å². The van der Waals surface area contributed by atoms with Gasteiger partial charge in [0.2, 0.25) is 0 Å². The normalized spacial score (nSPS) is 11.3. The first-order valence-electron chi connectivity index (χ1n) is 6.40. The zero-order valence-electron chi connectivity index (χ0n) is 12.7. The predicted molar refractivity (Wildman–Crippen MR) is 84.1 cm³/mol. The van der Waals surface area contributed by atoms with Crippen molar-refractivity contribution in [1.29, 1.82) is 0 Å². The lowest BCUT2D eigenvalue weighted by Gasteiger charge is -2.29. The van der Waals surface area contributed by atoms with Crippen molar-refractivity contribution in [3.8, 4) is 5.75 Å². The van der Waals surface area contributed by atoms with Crippen LogP contribution < -0.4 is 10.5 Å². The van der Waals surface area contributed by atoms with Crippen LogP contribution in [-0.2, 0) is 6.54 Å². The smallest absolute Gasteiger partial charge is 0.123 e. The lowest BCUT2D eigenvalue weighted by atomic mass is 9.93. The van der Waals surface area contributed by atoms with Crippen LogP contribution in [-0.4, -0.2) is 32.1 Å². The van der Waals surface area contributed by atoms with Gasteiger partial charge in [-0.2, -0.15) is 0 Å². The number of hydrogen-bond acceptors (Lipinski definition) is 3. The topological polar surface area (TPSA) is 38.5 Å². The highest BCUT2D eigenvalue weighted by Crippen LogP contribution is 2.22. The Morgan fingerprint density at radius 2 is 1.95 bits per heavy atom. The minimum atomic E-state index is 0. The summed E-state index contributed by atoms with van der Waals surface area (Å²) in [5.74, 6) is 0.956. The molecule has 0 bridgehead atoms. The highest BCUT2D eigenvalue weighted by molar-refractivity contribution is 5.85. The fourth-order valence-corrected chi connectivity index (χ4v) is 2.17. The highest BCUT2D eigenvalue weighted by Gasteiger charge is 2.18. The maximum atomic E-state index is 5.78. The van der Waals surface area contributed by atoms with Crippen molar-refractivity contribution in [3.63, 3.8) is 0 Å². The summed E-state index contributed by atoms with van der Waals surface area (Å²) >= 11 is 0. The average Bonchev–Trinajstić information content (AvgIpc) is 2.28. The molecule has 4 heteroatoms. The standard InChI is InChI=1S/C15H26N2O.ClH/c1-12-6-7-14(18-5)13(8-12)9-17(4)11-15(2,3)10-16;/h6-8H,9-11,16H2,1-5H3;1H. The third-order valence-electron chi connectivity index (χ3n) is 3.13. The van der Waals surface area contributed by atoms with Gasteiger partial charge in [0.15, 0.2) is 0 Å². The van der Waals surface area contributed by atoms with Gasteiger partial charge in [0.05, 0.1) is 7.11 Å². The molecule has 0 atom stereocenters. The first kappa shape index (κ1) is 18.2. The number of ether oxygens (including phenoxy) is 1. The van der Waals surface area contributed by atoms with Gasteiger partial charge in [-0.25, -0.2) is 0 Å². The third-order valence-corrected chi connectivity index (χ3v) is 3.13. The van der Waals surface area contributed by atoms with Crippen molar-refractivity contribution < 1.29 is 4.74 Å². The summed E-state index contributed by atoms with van der Waals surface area (Å²) in [6, 6.07) is 6.30. The van der Waals surface area contributed by atoms with Crippen LogP contribution in [0.1, 0.15) is 25.0 Å². The summed E-state index contributed by atoms with van der Waals surface area (Å²) in [6.07, 6.45) is 0. The Bertz CT molecular complexity index is 394. The molecule has 0 saturated heterocycles. The van der Waals surface area contributed by atoms with Crippen molar-refractivity contribution in [2.75, 3.05) is 27.2 Å². The van der Waals surface area contributed by atoms with E-state index < -0.39 is 0 Å². The molecule has 0 aliphatic rings. The highest BCUT2D eigenvalue weighted by atomic mass is 35.5. The van der Waals surface area contributed by atoms with Crippen LogP contribution in [0.4, 0.5) is 0 Å². The van der Waals surface area contributed by atoms with E-state index in [1.807, 2.05) is 6.07 Å². The second-order valence-electron chi connectivity index (χ2n) is 5.86. The molecule has 0 unspecified atom stereocenters. The second kappa shape index (κ2) is 7.73. The largest absolute Gasteiger partial charge is 0.496 e. The van der Waals surface area contributed by atoms with Crippen LogP contribution >= 0.6 is 12.4 Å². The van der Waals surface area contributed by atoms with E-state index in [0.717, 1.165) is 18.8 Å². The van der Waals surface area contributed by atoms with Crippen LogP contribution in [0.5, 0.6) is 5.75 Å². The van der Waals surface area contributed by atoms with Gasteiger partial charge in [-0.1, -0.05) is 31.5 Å². The summed E-state index contributed by atoms with van der Waals surface area (Å²) in [7, 11) is 3.84. The van der Waals surface area contributed by atoms with E-state index in [2.05, 4.69) is 44.9 Å². The van der Waals surface area contributed by atoms with Crippen LogP contribution in [0.2, 0.25) is 0 Å². The molecule has 0 aliphatic heterocycles. The van der Waals surface area contributed by atoms with E-state index in [4.69, 9.17) is 10.5 Å². The Morgan fingerprint density at radius 1 is 1.32 bits per heavy atom. The van der Waals surface area contributed by atoms with E-state index >= 15 is 0 Å². The number of benzene rings is 1. The molecule has 1 aromatic rings. The molecule has 110 valence electrons. The fraction of sp³-hybridized carbons (Fsp3) is 0.600. The first-order valence-corrected chi connectivity index (χ1v) is 6.40. The molecule has 0 aromatic heterocycles. The Balaban J connectivity index is 0.00000324. The Morgan fingerprint density at radius 3 is 2.47 bits per heavy atom. The van der Waals surface area contributed by atoms with E-state index in [9.17, 15) is 0 Å². The molecule has 19 heavy (non-hydrogen) atoms. The zero-order chi connectivity index (χ0) is 13.8. The number of halogens is 1. The Kier molecular flexibility index (Phi) is 7.42. The quantitative estimate of drug-likeness (QED) is 0.874. The Hall–Kier alpha value is -0.770. The Labute approximate surface area is 123 Å². The average molecular weight is 287 g/mol. The molecular weight excluding hydrogens is 260 g/mol. The summed E-state index contributed by atoms with van der Waals surface area (Å²) in [6.45, 7) is 9.04. The fourth-order valence-electron chi connectivity index (χ4n) is 2.17. The lowest BCUT2D eigenvalue weighted by molar-refractivity contribution is 0.208. The van der Waals surface area contributed by atoms with Gasteiger partial charge >= 0.3 is 0 Å². The van der Waals surface area contributed by atoms with Gasteiger partial charge in [0.1, 0.15) is 5.75 Å². The SMILES string of the molecule is COc1ccc(C)cc1CN(C)CC(C)(C)CN.Cl. The van der Waals surface area contributed by atoms with Crippen molar-refractivity contribution in [1.82, 2.24) is 4.90 Å². The summed E-state index contributed by atoms with van der Waals surface area (Å²) in [5.41, 5.74) is 8.41. The summed E-state index contributed by atoms with van der Waals surface area (Å²) in [4.78, 5) is 2.30. The number of nitrogens with two attached hydrogens (primary N) is 1. The maximum Gasteiger partial charge on any atom is 0.123 e. The molecule has 0 amide bonds. The first-order chi connectivity index (χ1) is 8.38. The molecule has 0 spiro atoms. The molecule has 1 rings (SSSR count). The van der Waals surface area contributed by atoms with E-state index in [1.54, 1.807) is 7.11 Å². The molecule has 2 N–H and O–H groups in total. The summed E-state index contributed by atoms with van der Waals surface area (Å²) in [5, 5.41) is 0. The molecule has 0 aliphatic carbocycles. The molecule has 0 heterocycles. The van der Waals surface area contributed by atoms with Crippen molar-refractivity contribution in [2.45, 2.75) is 27.3 Å². The van der Waals surface area contributed by atoms with Crippen LogP contribution in [0.3, 0.4) is 0 Å². The number of nitrogens with zero attached hydrogens (tertiary/aromatic N) is 1. The van der Waals surface area contributed by atoms with E-state index in [0.29, 0.717) is 6.54 Å². The van der Waals surface area contributed by atoms with E-state index in [-0.39, 0.29) is 17.8 Å². The molecule has 3 nitrogen and oxygen atoms in total. The molecule has 0 radical (unpaired) electrons. The van der Waals surface area contributed by atoms with Gasteiger partial charge in [0.25, 0.3) is 0 Å². The van der Waals surface area contributed by atoms with Gasteiger partial charge in [-0.05, 0) is 32.0 Å². The van der Waals surface area contributed by atoms with Crippen molar-refractivity contribution in [2.24, 2.45) is 11.1 Å². The van der Waals surface area contributed by atoms with Crippen molar-refractivity contribution >= 4 is 12.4 Å². The predicted octanol–water partition coefficient (Wildman–Crippen LogP) is 2.84. The number of aryl methyl sites for hydroxylation is 1. The minimum absolute atomic E-state index is 0. The number of rotatable bonds is 6. The number of hydrogen-bond donors (Lipinski definition) is 1. The molecular formula is C15H27ClN2O. The second-order valence-corrected chi connectivity index (χ2v) is 5.86. The van der Waals surface area contributed by atoms with Crippen LogP contribution in [0.15, 0.2) is 18.2 Å². The van der Waals surface area contributed by atoms with Gasteiger partial charge < -0.3 is 15.4 Å². The molecule has 1 aromatic carbocycles. The van der Waals surface area contributed by atoms with Gasteiger partial charge in [-0.15, -0.1) is 12.4 Å². The molecule has 0 fully saturated rings. The van der Waals surface area contributed by atoms with Crippen molar-refractivity contribution in [3.05, 3.63) is 29.3 Å². The minimum Gasteiger partial charge on any atom is -0.496 e. The number of methoxy groups -OCH3 is 1. The van der Waals surface area contributed by atoms with Crippen LogP contribution in [0.25, 0.3) is 0 Å². The molecule has 0 saturated carbocycles. The lowest BCUT2D eigenvalue weighted by Crippen LogP contribution is -2.36. The monoisotopic (exact) mass is 286 g/mol. The van der Waals surface area contributed by atoms with Gasteiger partial charge in [-0.3, -0.25) is 0 Å². The van der Waals surface area contributed by atoms with Crippen LogP contribution in [0, 0.1) is 12.3 Å². The third kappa shape index (κ3) is 5.81. The zero-order valence-corrected chi connectivity index (χ0v) is 13.5. The maximum absolute atomic E-state index is 5.78. The summed E-state index contributed by atoms with van der Waals surface area (Å²) < 4.78 is 5.41.